The van der Waals surface area contributed by atoms with E-state index >= 15 is 0 Å². The molecule has 0 radical (unpaired) electrons. The Morgan fingerprint density at radius 3 is 2.75 bits per heavy atom. The minimum absolute atomic E-state index is 0.0944. The van der Waals surface area contributed by atoms with Crippen molar-refractivity contribution in [3.05, 3.63) is 70.2 Å². The lowest BCUT2D eigenvalue weighted by molar-refractivity contribution is -0.116. The van der Waals surface area contributed by atoms with Crippen LogP contribution in [-0.4, -0.2) is 22.0 Å². The molecule has 1 aliphatic rings. The van der Waals surface area contributed by atoms with Gasteiger partial charge in [0.1, 0.15) is 5.82 Å². The minimum Gasteiger partial charge on any atom is -0.351 e. The number of benzene rings is 1. The van der Waals surface area contributed by atoms with Gasteiger partial charge in [0, 0.05) is 31.1 Å². The van der Waals surface area contributed by atoms with Crippen LogP contribution in [-0.2, 0) is 11.3 Å². The zero-order chi connectivity index (χ0) is 16.9. The maximum atomic E-state index is 12.8. The zero-order valence-electron chi connectivity index (χ0n) is 13.1. The van der Waals surface area contributed by atoms with Gasteiger partial charge in [-0.05, 0) is 36.6 Å². The summed E-state index contributed by atoms with van der Waals surface area (Å²) in [6.07, 6.45) is 6.73. The second-order valence-corrected chi connectivity index (χ2v) is 5.80. The summed E-state index contributed by atoms with van der Waals surface area (Å²) in [6, 6.07) is 7.43. The summed E-state index contributed by atoms with van der Waals surface area (Å²) in [4.78, 5) is 28.0. The van der Waals surface area contributed by atoms with Crippen LogP contribution in [0.5, 0.6) is 0 Å². The van der Waals surface area contributed by atoms with E-state index in [0.29, 0.717) is 19.0 Å². The molecule has 1 saturated carbocycles. The molecule has 6 heteroatoms. The second kappa shape index (κ2) is 7.21. The normalized spacial score (nSPS) is 14.0. The fraction of sp³-hybridized carbons (Fsp3) is 0.278. The van der Waals surface area contributed by atoms with Gasteiger partial charge >= 0.3 is 0 Å². The van der Waals surface area contributed by atoms with Crippen LogP contribution in [0, 0.1) is 5.82 Å². The molecule has 1 fully saturated rings. The molecule has 124 valence electrons. The van der Waals surface area contributed by atoms with Crippen molar-refractivity contribution in [3.63, 3.8) is 0 Å². The highest BCUT2D eigenvalue weighted by Crippen LogP contribution is 2.38. The molecule has 1 N–H and O–H groups in total. The van der Waals surface area contributed by atoms with Crippen LogP contribution in [0.15, 0.2) is 47.5 Å². The lowest BCUT2D eigenvalue weighted by atomic mass is 10.2. The van der Waals surface area contributed by atoms with Gasteiger partial charge in [0.25, 0.3) is 5.56 Å². The molecule has 24 heavy (non-hydrogen) atoms. The first-order chi connectivity index (χ1) is 11.6. The Hall–Kier alpha value is -2.76. The molecule has 1 aromatic heterocycles. The predicted octanol–water partition coefficient (Wildman–Crippen LogP) is 2.09. The standard InChI is InChI=1S/C18H18FN3O2/c19-15-6-1-13(2-7-15)3-8-17(23)20-9-10-22-12-21-16(11-18(22)24)14-4-5-14/h1-3,6-8,11-12,14H,4-5,9-10H2,(H,20,23). The Bertz CT molecular complexity index is 808. The van der Waals surface area contributed by atoms with E-state index in [1.165, 1.54) is 29.1 Å². The molecule has 0 atom stereocenters. The van der Waals surface area contributed by atoms with Gasteiger partial charge in [0.2, 0.25) is 5.91 Å². The van der Waals surface area contributed by atoms with Crippen molar-refractivity contribution in [2.45, 2.75) is 25.3 Å². The Morgan fingerprint density at radius 1 is 1.33 bits per heavy atom. The molecule has 2 aromatic rings. The average molecular weight is 327 g/mol. The predicted molar refractivity (Wildman–Crippen MR) is 88.9 cm³/mol. The molecule has 0 spiro atoms. The van der Waals surface area contributed by atoms with Gasteiger partial charge in [-0.15, -0.1) is 0 Å². The number of carbonyl (C=O) groups excluding carboxylic acids is 1. The maximum Gasteiger partial charge on any atom is 0.253 e. The Kier molecular flexibility index (Phi) is 4.84. The lowest BCUT2D eigenvalue weighted by Gasteiger charge is -2.06. The van der Waals surface area contributed by atoms with E-state index in [1.54, 1.807) is 24.3 Å². The summed E-state index contributed by atoms with van der Waals surface area (Å²) in [5.41, 5.74) is 1.51. The van der Waals surface area contributed by atoms with Gasteiger partial charge in [-0.3, -0.25) is 14.2 Å². The topological polar surface area (TPSA) is 64.0 Å². The Labute approximate surface area is 138 Å². The first-order valence-electron chi connectivity index (χ1n) is 7.90. The van der Waals surface area contributed by atoms with Gasteiger partial charge < -0.3 is 5.32 Å². The van der Waals surface area contributed by atoms with Gasteiger partial charge in [-0.1, -0.05) is 12.1 Å². The number of hydrogen-bond donors (Lipinski definition) is 1. The third-order valence-corrected chi connectivity index (χ3v) is 3.85. The molecule has 0 unspecified atom stereocenters. The van der Waals surface area contributed by atoms with Crippen molar-refractivity contribution < 1.29 is 9.18 Å². The molecule has 0 bridgehead atoms. The van der Waals surface area contributed by atoms with Crippen LogP contribution in [0.1, 0.15) is 30.0 Å². The molecule has 1 aliphatic carbocycles. The van der Waals surface area contributed by atoms with Crippen LogP contribution < -0.4 is 10.9 Å². The van der Waals surface area contributed by atoms with Crippen molar-refractivity contribution in [1.29, 1.82) is 0 Å². The molecule has 1 amide bonds. The van der Waals surface area contributed by atoms with E-state index in [1.807, 2.05) is 0 Å². The quantitative estimate of drug-likeness (QED) is 0.826. The molecule has 5 nitrogen and oxygen atoms in total. The van der Waals surface area contributed by atoms with Gasteiger partial charge in [0.15, 0.2) is 0 Å². The van der Waals surface area contributed by atoms with Crippen LogP contribution in [0.4, 0.5) is 4.39 Å². The van der Waals surface area contributed by atoms with E-state index in [9.17, 15) is 14.0 Å². The third-order valence-electron chi connectivity index (χ3n) is 3.85. The van der Waals surface area contributed by atoms with E-state index in [4.69, 9.17) is 0 Å². The summed E-state index contributed by atoms with van der Waals surface area (Å²) < 4.78 is 14.3. The van der Waals surface area contributed by atoms with Crippen LogP contribution in [0.25, 0.3) is 6.08 Å². The average Bonchev–Trinajstić information content (AvgIpc) is 3.41. The number of nitrogens with zero attached hydrogens (tertiary/aromatic N) is 2. The second-order valence-electron chi connectivity index (χ2n) is 5.80. The smallest absolute Gasteiger partial charge is 0.253 e. The fourth-order valence-electron chi connectivity index (χ4n) is 2.31. The highest BCUT2D eigenvalue weighted by molar-refractivity contribution is 5.91. The summed E-state index contributed by atoms with van der Waals surface area (Å²) in [7, 11) is 0. The summed E-state index contributed by atoms with van der Waals surface area (Å²) in [5.74, 6) is -0.137. The number of rotatable bonds is 6. The van der Waals surface area contributed by atoms with Crippen LogP contribution in [0.3, 0.4) is 0 Å². The van der Waals surface area contributed by atoms with Crippen LogP contribution >= 0.6 is 0 Å². The van der Waals surface area contributed by atoms with Crippen molar-refractivity contribution in [2.75, 3.05) is 6.54 Å². The van der Waals surface area contributed by atoms with Gasteiger partial charge in [0.05, 0.1) is 12.0 Å². The SMILES string of the molecule is O=C(C=Cc1ccc(F)cc1)NCCn1cnc(C2CC2)cc1=O. The lowest BCUT2D eigenvalue weighted by Crippen LogP contribution is -2.30. The van der Waals surface area contributed by atoms with Crippen molar-refractivity contribution in [2.24, 2.45) is 0 Å². The van der Waals surface area contributed by atoms with E-state index in [2.05, 4.69) is 10.3 Å². The number of nitrogens with one attached hydrogen (secondary N) is 1. The number of aromatic nitrogens is 2. The first-order valence-corrected chi connectivity index (χ1v) is 7.90. The number of amides is 1. The molecule has 0 aliphatic heterocycles. The summed E-state index contributed by atoms with van der Waals surface area (Å²) in [5, 5.41) is 2.70. The molecular formula is C18H18FN3O2. The Morgan fingerprint density at radius 2 is 2.08 bits per heavy atom. The first kappa shape index (κ1) is 16.1. The Balaban J connectivity index is 1.48. The van der Waals surface area contributed by atoms with Gasteiger partial charge in [-0.25, -0.2) is 9.37 Å². The van der Waals surface area contributed by atoms with Crippen molar-refractivity contribution in [1.82, 2.24) is 14.9 Å². The largest absolute Gasteiger partial charge is 0.351 e. The number of hydrogen-bond acceptors (Lipinski definition) is 3. The summed E-state index contributed by atoms with van der Waals surface area (Å²) in [6.45, 7) is 0.698. The number of halogens is 1. The fourth-order valence-corrected chi connectivity index (χ4v) is 2.31. The van der Waals surface area contributed by atoms with E-state index in [-0.39, 0.29) is 17.3 Å². The monoisotopic (exact) mass is 327 g/mol. The molecule has 1 aromatic carbocycles. The third kappa shape index (κ3) is 4.38. The summed E-state index contributed by atoms with van der Waals surface area (Å²) >= 11 is 0. The molecule has 1 heterocycles. The van der Waals surface area contributed by atoms with Gasteiger partial charge in [-0.2, -0.15) is 0 Å². The molecular weight excluding hydrogens is 309 g/mol. The highest BCUT2D eigenvalue weighted by Gasteiger charge is 2.25. The maximum absolute atomic E-state index is 12.8. The zero-order valence-corrected chi connectivity index (χ0v) is 13.1. The highest BCUT2D eigenvalue weighted by atomic mass is 19.1. The van der Waals surface area contributed by atoms with E-state index in [0.717, 1.165) is 24.1 Å². The van der Waals surface area contributed by atoms with Crippen molar-refractivity contribution >= 4 is 12.0 Å². The minimum atomic E-state index is -0.316. The number of carbonyl (C=O) groups is 1. The van der Waals surface area contributed by atoms with E-state index < -0.39 is 0 Å². The van der Waals surface area contributed by atoms with Crippen LogP contribution in [0.2, 0.25) is 0 Å². The molecule has 3 rings (SSSR count). The van der Waals surface area contributed by atoms with Crippen molar-refractivity contribution in [3.8, 4) is 0 Å². The molecule has 0 saturated heterocycles.